The van der Waals surface area contributed by atoms with E-state index in [1.165, 1.54) is 56.9 Å². The van der Waals surface area contributed by atoms with E-state index < -0.39 is 0 Å². The molecule has 3 heteroatoms. The van der Waals surface area contributed by atoms with E-state index in [0.717, 1.165) is 6.04 Å². The normalized spacial score (nSPS) is 27.4. The SMILES string of the molecule is CCSC[C@@H](C)N1CCC2(CCNCC2)C1. The number of hydrogen-bond acceptors (Lipinski definition) is 3. The molecule has 0 unspecified atom stereocenters. The molecule has 0 aromatic heterocycles. The fraction of sp³-hybridized carbons (Fsp3) is 1.00. The van der Waals surface area contributed by atoms with Crippen molar-refractivity contribution in [3.05, 3.63) is 0 Å². The van der Waals surface area contributed by atoms with Gasteiger partial charge in [0.25, 0.3) is 0 Å². The number of likely N-dealkylation sites (tertiary alicyclic amines) is 1. The Kier molecular flexibility index (Phi) is 4.57. The van der Waals surface area contributed by atoms with Gasteiger partial charge in [0, 0.05) is 18.3 Å². The van der Waals surface area contributed by atoms with Gasteiger partial charge in [-0.2, -0.15) is 11.8 Å². The van der Waals surface area contributed by atoms with Crippen molar-refractivity contribution in [1.29, 1.82) is 0 Å². The van der Waals surface area contributed by atoms with Gasteiger partial charge in [-0.1, -0.05) is 6.92 Å². The Morgan fingerprint density at radius 1 is 1.31 bits per heavy atom. The summed E-state index contributed by atoms with van der Waals surface area (Å²) in [5.74, 6) is 2.57. The van der Waals surface area contributed by atoms with Crippen molar-refractivity contribution in [2.24, 2.45) is 5.41 Å². The first-order valence-corrected chi connectivity index (χ1v) is 7.94. The summed E-state index contributed by atoms with van der Waals surface area (Å²) in [5, 5.41) is 3.49. The summed E-state index contributed by atoms with van der Waals surface area (Å²) in [5.41, 5.74) is 0.677. The molecular formula is C13H26N2S. The van der Waals surface area contributed by atoms with Gasteiger partial charge in [0.05, 0.1) is 0 Å². The molecule has 2 heterocycles. The predicted molar refractivity (Wildman–Crippen MR) is 73.2 cm³/mol. The molecule has 94 valence electrons. The molecule has 0 amide bonds. The van der Waals surface area contributed by atoms with E-state index in [1.807, 2.05) is 0 Å². The average Bonchev–Trinajstić information content (AvgIpc) is 2.71. The van der Waals surface area contributed by atoms with Crippen molar-refractivity contribution in [3.63, 3.8) is 0 Å². The topological polar surface area (TPSA) is 15.3 Å². The quantitative estimate of drug-likeness (QED) is 0.814. The highest BCUT2D eigenvalue weighted by molar-refractivity contribution is 7.99. The van der Waals surface area contributed by atoms with Crippen molar-refractivity contribution in [1.82, 2.24) is 10.2 Å². The molecule has 1 spiro atoms. The van der Waals surface area contributed by atoms with Crippen molar-refractivity contribution in [3.8, 4) is 0 Å². The average molecular weight is 242 g/mol. The van der Waals surface area contributed by atoms with E-state index in [1.54, 1.807) is 0 Å². The van der Waals surface area contributed by atoms with E-state index in [9.17, 15) is 0 Å². The molecule has 2 aliphatic rings. The second-order valence-corrected chi connectivity index (χ2v) is 6.80. The molecule has 0 bridgehead atoms. The zero-order valence-electron chi connectivity index (χ0n) is 10.8. The van der Waals surface area contributed by atoms with E-state index in [2.05, 4.69) is 35.8 Å². The minimum Gasteiger partial charge on any atom is -0.317 e. The minimum absolute atomic E-state index is 0.677. The van der Waals surface area contributed by atoms with Crippen molar-refractivity contribution in [2.45, 2.75) is 39.2 Å². The summed E-state index contributed by atoms with van der Waals surface area (Å²) in [6, 6.07) is 0.777. The number of nitrogens with zero attached hydrogens (tertiary/aromatic N) is 1. The molecule has 2 fully saturated rings. The van der Waals surface area contributed by atoms with Gasteiger partial charge < -0.3 is 5.32 Å². The first kappa shape index (κ1) is 12.7. The predicted octanol–water partition coefficient (Wildman–Crippen LogP) is 2.20. The van der Waals surface area contributed by atoms with Gasteiger partial charge in [0.2, 0.25) is 0 Å². The summed E-state index contributed by atoms with van der Waals surface area (Å²) < 4.78 is 0. The maximum Gasteiger partial charge on any atom is 0.0158 e. The fourth-order valence-electron chi connectivity index (χ4n) is 3.10. The van der Waals surface area contributed by atoms with Crippen LogP contribution in [0.1, 0.15) is 33.1 Å². The van der Waals surface area contributed by atoms with Crippen LogP contribution in [0, 0.1) is 5.41 Å². The number of hydrogen-bond donors (Lipinski definition) is 1. The largest absolute Gasteiger partial charge is 0.317 e. The lowest BCUT2D eigenvalue weighted by atomic mass is 9.78. The maximum atomic E-state index is 3.49. The van der Waals surface area contributed by atoms with Gasteiger partial charge in [0.1, 0.15) is 0 Å². The highest BCUT2D eigenvalue weighted by Gasteiger charge is 2.39. The van der Waals surface area contributed by atoms with Crippen LogP contribution in [0.3, 0.4) is 0 Å². The number of thioether (sulfide) groups is 1. The van der Waals surface area contributed by atoms with Gasteiger partial charge in [0.15, 0.2) is 0 Å². The third kappa shape index (κ3) is 2.93. The highest BCUT2D eigenvalue weighted by Crippen LogP contribution is 2.39. The van der Waals surface area contributed by atoms with Crippen LogP contribution < -0.4 is 5.32 Å². The van der Waals surface area contributed by atoms with Gasteiger partial charge >= 0.3 is 0 Å². The second-order valence-electron chi connectivity index (χ2n) is 5.48. The summed E-state index contributed by atoms with van der Waals surface area (Å²) in [4.78, 5) is 2.73. The molecular weight excluding hydrogens is 216 g/mol. The third-order valence-electron chi connectivity index (χ3n) is 4.32. The maximum absolute atomic E-state index is 3.49. The molecule has 2 nitrogen and oxygen atoms in total. The lowest BCUT2D eigenvalue weighted by Gasteiger charge is -2.35. The second kappa shape index (κ2) is 5.74. The zero-order chi connectivity index (χ0) is 11.4. The molecule has 2 saturated heterocycles. The Labute approximate surface area is 105 Å². The molecule has 0 aromatic rings. The summed E-state index contributed by atoms with van der Waals surface area (Å²) in [6.07, 6.45) is 4.24. The molecule has 0 saturated carbocycles. The molecule has 1 N–H and O–H groups in total. The number of rotatable bonds is 4. The lowest BCUT2D eigenvalue weighted by Crippen LogP contribution is -2.40. The Bertz CT molecular complexity index is 214. The molecule has 0 radical (unpaired) electrons. The summed E-state index contributed by atoms with van der Waals surface area (Å²) in [7, 11) is 0. The molecule has 1 atom stereocenters. The lowest BCUT2D eigenvalue weighted by molar-refractivity contribution is 0.181. The number of piperidine rings is 1. The van der Waals surface area contributed by atoms with E-state index in [4.69, 9.17) is 0 Å². The van der Waals surface area contributed by atoms with Crippen molar-refractivity contribution in [2.75, 3.05) is 37.7 Å². The van der Waals surface area contributed by atoms with E-state index >= 15 is 0 Å². The molecule has 0 aromatic carbocycles. The van der Waals surface area contributed by atoms with Crippen LogP contribution in [0.5, 0.6) is 0 Å². The van der Waals surface area contributed by atoms with Gasteiger partial charge in [-0.3, -0.25) is 4.90 Å². The standard InChI is InChI=1S/C13H26N2S/c1-3-16-10-12(2)15-9-6-13(11-15)4-7-14-8-5-13/h12,14H,3-11H2,1-2H3/t12-/m1/s1. The number of nitrogens with one attached hydrogen (secondary N) is 1. The molecule has 16 heavy (non-hydrogen) atoms. The summed E-state index contributed by atoms with van der Waals surface area (Å²) in [6.45, 7) is 9.85. The zero-order valence-corrected chi connectivity index (χ0v) is 11.6. The van der Waals surface area contributed by atoms with Gasteiger partial charge in [-0.05, 0) is 57.0 Å². The van der Waals surface area contributed by atoms with E-state index in [-0.39, 0.29) is 0 Å². The van der Waals surface area contributed by atoms with Crippen LogP contribution in [0.4, 0.5) is 0 Å². The first-order chi connectivity index (χ1) is 7.76. The van der Waals surface area contributed by atoms with Crippen LogP contribution >= 0.6 is 11.8 Å². The van der Waals surface area contributed by atoms with Crippen LogP contribution in [0.25, 0.3) is 0 Å². The van der Waals surface area contributed by atoms with Crippen LogP contribution in [-0.4, -0.2) is 48.6 Å². The monoisotopic (exact) mass is 242 g/mol. The summed E-state index contributed by atoms with van der Waals surface area (Å²) >= 11 is 2.08. The van der Waals surface area contributed by atoms with Gasteiger partial charge in [-0.15, -0.1) is 0 Å². The fourth-order valence-corrected chi connectivity index (χ4v) is 3.89. The van der Waals surface area contributed by atoms with Crippen molar-refractivity contribution >= 4 is 11.8 Å². The third-order valence-corrected chi connectivity index (χ3v) is 5.44. The Morgan fingerprint density at radius 3 is 2.75 bits per heavy atom. The highest BCUT2D eigenvalue weighted by atomic mass is 32.2. The van der Waals surface area contributed by atoms with Gasteiger partial charge in [-0.25, -0.2) is 0 Å². The van der Waals surface area contributed by atoms with E-state index in [0.29, 0.717) is 5.41 Å². The molecule has 2 aliphatic heterocycles. The smallest absolute Gasteiger partial charge is 0.0158 e. The van der Waals surface area contributed by atoms with Crippen LogP contribution in [-0.2, 0) is 0 Å². The Morgan fingerprint density at radius 2 is 2.06 bits per heavy atom. The molecule has 0 aliphatic carbocycles. The van der Waals surface area contributed by atoms with Crippen molar-refractivity contribution < 1.29 is 0 Å². The minimum atomic E-state index is 0.677. The molecule has 2 rings (SSSR count). The first-order valence-electron chi connectivity index (χ1n) is 6.78. The van der Waals surface area contributed by atoms with Crippen LogP contribution in [0.2, 0.25) is 0 Å². The van der Waals surface area contributed by atoms with Crippen LogP contribution in [0.15, 0.2) is 0 Å². The Balaban J connectivity index is 1.82. The Hall–Kier alpha value is 0.270.